The number of fused-ring (bicyclic) bond motifs is 1. The molecular weight excluding hydrogens is 363 g/mol. The summed E-state index contributed by atoms with van der Waals surface area (Å²) in [5.41, 5.74) is 13.3. The van der Waals surface area contributed by atoms with Gasteiger partial charge in [0, 0.05) is 16.7 Å². The fraction of sp³-hybridized carbons (Fsp3) is 0. The Bertz CT molecular complexity index is 1250. The first-order valence-electron chi connectivity index (χ1n) is 8.15. The number of H-pyrrole nitrogens is 1. The van der Waals surface area contributed by atoms with Gasteiger partial charge in [-0.25, -0.2) is 4.98 Å². The minimum absolute atomic E-state index is 0.110. The second-order valence-corrected chi connectivity index (χ2v) is 5.98. The van der Waals surface area contributed by atoms with Gasteiger partial charge < -0.3 is 16.5 Å². The van der Waals surface area contributed by atoms with Crippen LogP contribution in [0.5, 0.6) is 0 Å². The zero-order valence-corrected chi connectivity index (χ0v) is 14.3. The number of carbonyl (C=O) groups excluding carboxylic acids is 2. The van der Waals surface area contributed by atoms with E-state index in [-0.39, 0.29) is 22.5 Å². The van der Waals surface area contributed by atoms with Crippen molar-refractivity contribution in [2.24, 2.45) is 11.5 Å². The Hall–Kier alpha value is -4.14. The highest BCUT2D eigenvalue weighted by molar-refractivity contribution is 6.07. The molecule has 0 atom stereocenters. The van der Waals surface area contributed by atoms with Crippen LogP contribution in [0.4, 0.5) is 4.39 Å². The average Bonchev–Trinajstić information content (AvgIpc) is 3.15. The van der Waals surface area contributed by atoms with Crippen molar-refractivity contribution in [1.82, 2.24) is 19.9 Å². The summed E-state index contributed by atoms with van der Waals surface area (Å²) in [7, 11) is 0. The Balaban J connectivity index is 2.09. The van der Waals surface area contributed by atoms with Crippen LogP contribution < -0.4 is 11.5 Å². The number of aromatic amines is 1. The van der Waals surface area contributed by atoms with E-state index < -0.39 is 17.9 Å². The molecular formula is C19H13FN6O2. The number of amides is 2. The molecule has 2 aromatic carbocycles. The molecule has 9 heteroatoms. The zero-order chi connectivity index (χ0) is 19.8. The number of aromatic nitrogens is 4. The standard InChI is InChI=1S/C19H13FN6O2/c20-19-25-14(15-18(26-19)24-8-23-15)13-11(5-2-6-12(13)17(22)28)9-3-1-4-10(7-9)16(21)27/h1-8H,(H2,21,27)(H2,22,28)(H,23,24,25,26). The Morgan fingerprint density at radius 2 is 1.79 bits per heavy atom. The quantitative estimate of drug-likeness (QED) is 0.467. The fourth-order valence-corrected chi connectivity index (χ4v) is 3.08. The number of nitrogens with zero attached hydrogens (tertiary/aromatic N) is 3. The molecule has 0 unspecified atom stereocenters. The van der Waals surface area contributed by atoms with Crippen molar-refractivity contribution in [2.75, 3.05) is 0 Å². The first-order chi connectivity index (χ1) is 13.5. The number of nitrogens with two attached hydrogens (primary N) is 2. The van der Waals surface area contributed by atoms with Gasteiger partial charge in [0.2, 0.25) is 11.8 Å². The van der Waals surface area contributed by atoms with Gasteiger partial charge in [-0.3, -0.25) is 9.59 Å². The summed E-state index contributed by atoms with van der Waals surface area (Å²) in [5, 5.41) is 0. The normalized spacial score (nSPS) is 10.9. The number of nitrogens with one attached hydrogen (secondary N) is 1. The van der Waals surface area contributed by atoms with Crippen LogP contribution in [0.25, 0.3) is 33.5 Å². The van der Waals surface area contributed by atoms with E-state index in [1.165, 1.54) is 12.4 Å². The van der Waals surface area contributed by atoms with Crippen molar-refractivity contribution in [2.45, 2.75) is 0 Å². The van der Waals surface area contributed by atoms with E-state index in [0.717, 1.165) is 0 Å². The van der Waals surface area contributed by atoms with E-state index in [2.05, 4.69) is 19.9 Å². The van der Waals surface area contributed by atoms with Crippen LogP contribution in [0.2, 0.25) is 0 Å². The highest BCUT2D eigenvalue weighted by Gasteiger charge is 2.21. The van der Waals surface area contributed by atoms with Gasteiger partial charge in [-0.05, 0) is 29.3 Å². The summed E-state index contributed by atoms with van der Waals surface area (Å²) in [5.74, 6) is -1.31. The number of carbonyl (C=O) groups is 2. The van der Waals surface area contributed by atoms with Gasteiger partial charge in [-0.15, -0.1) is 0 Å². The lowest BCUT2D eigenvalue weighted by Crippen LogP contribution is -2.14. The number of hydrogen-bond donors (Lipinski definition) is 3. The van der Waals surface area contributed by atoms with Crippen LogP contribution >= 0.6 is 0 Å². The highest BCUT2D eigenvalue weighted by atomic mass is 19.1. The molecule has 4 aromatic rings. The highest BCUT2D eigenvalue weighted by Crippen LogP contribution is 2.36. The summed E-state index contributed by atoms with van der Waals surface area (Å²) < 4.78 is 14.0. The van der Waals surface area contributed by atoms with Gasteiger partial charge in [0.1, 0.15) is 11.2 Å². The second-order valence-electron chi connectivity index (χ2n) is 5.98. The molecule has 0 aliphatic heterocycles. The Morgan fingerprint density at radius 3 is 2.54 bits per heavy atom. The molecule has 0 aliphatic rings. The third-order valence-electron chi connectivity index (χ3n) is 4.28. The van der Waals surface area contributed by atoms with E-state index in [4.69, 9.17) is 11.5 Å². The molecule has 0 spiro atoms. The summed E-state index contributed by atoms with van der Waals surface area (Å²) in [6.07, 6.45) is 0.355. The predicted molar refractivity (Wildman–Crippen MR) is 99.5 cm³/mol. The molecule has 8 nitrogen and oxygen atoms in total. The van der Waals surface area contributed by atoms with Gasteiger partial charge in [-0.2, -0.15) is 14.4 Å². The fourth-order valence-electron chi connectivity index (χ4n) is 3.08. The molecule has 0 radical (unpaired) electrons. The summed E-state index contributed by atoms with van der Waals surface area (Å²) in [6, 6.07) is 11.4. The second kappa shape index (κ2) is 6.54. The predicted octanol–water partition coefficient (Wildman–Crippen LogP) is 2.02. The number of hydrogen-bond acceptors (Lipinski definition) is 5. The third-order valence-corrected chi connectivity index (χ3v) is 4.28. The van der Waals surface area contributed by atoms with E-state index in [0.29, 0.717) is 22.2 Å². The molecule has 2 amide bonds. The minimum Gasteiger partial charge on any atom is -0.366 e. The number of rotatable bonds is 4. The SMILES string of the molecule is NC(=O)c1cccc(-c2cccc(C(N)=O)c2-c2nc(F)nc3nc[nH]c23)c1. The van der Waals surface area contributed by atoms with Crippen LogP contribution in [-0.2, 0) is 0 Å². The molecule has 4 rings (SSSR count). The maximum absolute atomic E-state index is 14.0. The molecule has 0 aliphatic carbocycles. The van der Waals surface area contributed by atoms with Crippen LogP contribution in [0.1, 0.15) is 20.7 Å². The summed E-state index contributed by atoms with van der Waals surface area (Å²) >= 11 is 0. The molecule has 0 fully saturated rings. The molecule has 0 bridgehead atoms. The van der Waals surface area contributed by atoms with Crippen LogP contribution in [0, 0.1) is 6.08 Å². The largest absolute Gasteiger partial charge is 0.366 e. The maximum atomic E-state index is 14.0. The van der Waals surface area contributed by atoms with Crippen LogP contribution in [0.15, 0.2) is 48.8 Å². The lowest BCUT2D eigenvalue weighted by molar-refractivity contribution is 0.0992. The molecule has 2 aromatic heterocycles. The Kier molecular flexibility index (Phi) is 4.04. The average molecular weight is 376 g/mol. The van der Waals surface area contributed by atoms with Gasteiger partial charge in [-0.1, -0.05) is 24.3 Å². The first-order valence-corrected chi connectivity index (χ1v) is 8.15. The van der Waals surface area contributed by atoms with E-state index >= 15 is 0 Å². The van der Waals surface area contributed by atoms with Crippen molar-refractivity contribution in [3.8, 4) is 22.4 Å². The topological polar surface area (TPSA) is 141 Å². The number of imidazole rings is 1. The molecule has 138 valence electrons. The van der Waals surface area contributed by atoms with Crippen LogP contribution in [0.3, 0.4) is 0 Å². The smallest absolute Gasteiger partial charge is 0.311 e. The summed E-state index contributed by atoms with van der Waals surface area (Å²) in [6.45, 7) is 0. The maximum Gasteiger partial charge on any atom is 0.311 e. The van der Waals surface area contributed by atoms with Crippen LogP contribution in [-0.4, -0.2) is 31.8 Å². The third kappa shape index (κ3) is 2.84. The molecule has 2 heterocycles. The summed E-state index contributed by atoms with van der Waals surface area (Å²) in [4.78, 5) is 38.0. The van der Waals surface area contributed by atoms with Crippen molar-refractivity contribution in [3.05, 3.63) is 66.0 Å². The van der Waals surface area contributed by atoms with E-state index in [1.54, 1.807) is 36.4 Å². The number of benzene rings is 2. The zero-order valence-electron chi connectivity index (χ0n) is 14.3. The van der Waals surface area contributed by atoms with Crippen molar-refractivity contribution in [1.29, 1.82) is 0 Å². The van der Waals surface area contributed by atoms with Gasteiger partial charge >= 0.3 is 6.08 Å². The minimum atomic E-state index is -0.995. The molecule has 0 saturated heterocycles. The molecule has 0 saturated carbocycles. The van der Waals surface area contributed by atoms with Gasteiger partial charge in [0.25, 0.3) is 0 Å². The van der Waals surface area contributed by atoms with E-state index in [9.17, 15) is 14.0 Å². The molecule has 28 heavy (non-hydrogen) atoms. The van der Waals surface area contributed by atoms with Gasteiger partial charge in [0.15, 0.2) is 5.65 Å². The first kappa shape index (κ1) is 17.3. The number of halogens is 1. The Morgan fingerprint density at radius 1 is 1.00 bits per heavy atom. The Labute approximate surface area is 157 Å². The number of primary amides is 2. The van der Waals surface area contributed by atoms with Gasteiger partial charge in [0.05, 0.1) is 6.33 Å². The van der Waals surface area contributed by atoms with Crippen molar-refractivity contribution >= 4 is 23.0 Å². The lowest BCUT2D eigenvalue weighted by Gasteiger charge is -2.14. The lowest BCUT2D eigenvalue weighted by atomic mass is 9.91. The van der Waals surface area contributed by atoms with Crippen molar-refractivity contribution in [3.63, 3.8) is 0 Å². The van der Waals surface area contributed by atoms with Crippen molar-refractivity contribution < 1.29 is 14.0 Å². The monoisotopic (exact) mass is 376 g/mol. The molecule has 5 N–H and O–H groups in total. The van der Waals surface area contributed by atoms with E-state index in [1.807, 2.05) is 0 Å².